The Bertz CT molecular complexity index is 489. The second kappa shape index (κ2) is 4.64. The highest BCUT2D eigenvalue weighted by Gasteiger charge is 2.79. The average molecular weight is 294 g/mol. The fourth-order valence-corrected chi connectivity index (χ4v) is 4.22. The maximum absolute atomic E-state index is 12.4. The Balaban J connectivity index is 1.90. The molecule has 4 nitrogen and oxygen atoms in total. The van der Waals surface area contributed by atoms with Gasteiger partial charge in [-0.25, -0.2) is 0 Å². The van der Waals surface area contributed by atoms with Crippen LogP contribution in [0.15, 0.2) is 11.6 Å². The van der Waals surface area contributed by atoms with E-state index in [1.807, 2.05) is 0 Å². The van der Waals surface area contributed by atoms with Gasteiger partial charge in [-0.1, -0.05) is 18.6 Å². The number of ether oxygens (including phenoxy) is 3. The van der Waals surface area contributed by atoms with Crippen molar-refractivity contribution in [3.8, 4) is 0 Å². The van der Waals surface area contributed by atoms with Gasteiger partial charge in [0.1, 0.15) is 17.3 Å². The molecule has 0 radical (unpaired) electrons. The smallest absolute Gasteiger partial charge is 0.162 e. The van der Waals surface area contributed by atoms with Crippen LogP contribution in [0.2, 0.25) is 0 Å². The van der Waals surface area contributed by atoms with Gasteiger partial charge in [-0.2, -0.15) is 0 Å². The number of methoxy groups -OCH3 is 1. The Morgan fingerprint density at radius 3 is 2.62 bits per heavy atom. The summed E-state index contributed by atoms with van der Waals surface area (Å²) in [4.78, 5) is 12.4. The largest absolute Gasteiger partial charge is 0.373 e. The van der Waals surface area contributed by atoms with E-state index in [4.69, 9.17) is 14.2 Å². The molecule has 1 aliphatic carbocycles. The third-order valence-electron chi connectivity index (χ3n) is 5.98. The number of epoxide rings is 2. The van der Waals surface area contributed by atoms with E-state index < -0.39 is 11.5 Å². The van der Waals surface area contributed by atoms with E-state index in [1.165, 1.54) is 5.57 Å². The first kappa shape index (κ1) is 15.2. The van der Waals surface area contributed by atoms with Gasteiger partial charge in [0, 0.05) is 13.5 Å². The molecule has 0 aromatic heterocycles. The van der Waals surface area contributed by atoms with Crippen molar-refractivity contribution in [2.45, 2.75) is 70.4 Å². The molecule has 0 amide bonds. The van der Waals surface area contributed by atoms with Crippen molar-refractivity contribution in [3.63, 3.8) is 0 Å². The topological polar surface area (TPSA) is 51.4 Å². The lowest BCUT2D eigenvalue weighted by Gasteiger charge is -2.47. The molecular weight excluding hydrogens is 268 g/mol. The summed E-state index contributed by atoms with van der Waals surface area (Å²) in [5.41, 5.74) is 0.283. The molecule has 21 heavy (non-hydrogen) atoms. The van der Waals surface area contributed by atoms with Gasteiger partial charge in [-0.3, -0.25) is 4.79 Å². The first-order chi connectivity index (χ1) is 9.81. The van der Waals surface area contributed by atoms with Crippen LogP contribution < -0.4 is 0 Å². The maximum Gasteiger partial charge on any atom is 0.162 e. The molecule has 3 aliphatic rings. The molecule has 1 spiro atoms. The van der Waals surface area contributed by atoms with Crippen LogP contribution in [-0.4, -0.2) is 42.9 Å². The number of Topliss-reactive ketones (excluding diaryl/α,β-unsaturated/α-hetero) is 1. The minimum atomic E-state index is -0.435. The summed E-state index contributed by atoms with van der Waals surface area (Å²) >= 11 is 0. The molecule has 5 atom stereocenters. The number of carbonyl (C=O) groups is 1. The van der Waals surface area contributed by atoms with Gasteiger partial charge in [0.25, 0.3) is 0 Å². The monoisotopic (exact) mass is 294 g/mol. The van der Waals surface area contributed by atoms with Crippen molar-refractivity contribution < 1.29 is 19.0 Å². The maximum atomic E-state index is 12.4. The van der Waals surface area contributed by atoms with E-state index in [-0.39, 0.29) is 23.1 Å². The minimum Gasteiger partial charge on any atom is -0.373 e. The Labute approximate surface area is 126 Å². The van der Waals surface area contributed by atoms with Crippen LogP contribution in [0.3, 0.4) is 0 Å². The molecule has 2 aliphatic heterocycles. The van der Waals surface area contributed by atoms with E-state index >= 15 is 0 Å². The van der Waals surface area contributed by atoms with Gasteiger partial charge in [-0.05, 0) is 33.6 Å². The Kier molecular flexibility index (Phi) is 3.36. The Hall–Kier alpha value is -0.710. The highest BCUT2D eigenvalue weighted by molar-refractivity contribution is 5.86. The zero-order chi connectivity index (χ0) is 15.5. The summed E-state index contributed by atoms with van der Waals surface area (Å²) in [7, 11) is 1.62. The van der Waals surface area contributed by atoms with E-state index in [9.17, 15) is 4.79 Å². The normalized spacial score (nSPS) is 48.3. The molecule has 2 unspecified atom stereocenters. The number of carbonyl (C=O) groups excluding carboxylic acids is 1. The zero-order valence-electron chi connectivity index (χ0n) is 13.7. The molecule has 1 saturated carbocycles. The number of allylic oxidation sites excluding steroid dienone is 1. The first-order valence-corrected chi connectivity index (χ1v) is 7.81. The van der Waals surface area contributed by atoms with E-state index in [2.05, 4.69) is 33.8 Å². The first-order valence-electron chi connectivity index (χ1n) is 7.81. The van der Waals surface area contributed by atoms with Crippen LogP contribution in [0.4, 0.5) is 0 Å². The van der Waals surface area contributed by atoms with Crippen molar-refractivity contribution in [2.24, 2.45) is 5.41 Å². The molecule has 3 fully saturated rings. The van der Waals surface area contributed by atoms with Gasteiger partial charge < -0.3 is 14.2 Å². The molecule has 0 aromatic rings. The molecule has 4 heteroatoms. The summed E-state index contributed by atoms with van der Waals surface area (Å²) in [6.07, 6.45) is 4.12. The highest BCUT2D eigenvalue weighted by atomic mass is 16.6. The summed E-state index contributed by atoms with van der Waals surface area (Å²) in [5.74, 6) is 0.179. The Morgan fingerprint density at radius 1 is 1.43 bits per heavy atom. The van der Waals surface area contributed by atoms with Crippen molar-refractivity contribution >= 4 is 5.78 Å². The fraction of sp³-hybridized carbons (Fsp3) is 0.824. The van der Waals surface area contributed by atoms with Gasteiger partial charge in [0.15, 0.2) is 5.78 Å². The van der Waals surface area contributed by atoms with Crippen LogP contribution >= 0.6 is 0 Å². The van der Waals surface area contributed by atoms with E-state index in [1.54, 1.807) is 7.11 Å². The van der Waals surface area contributed by atoms with Crippen molar-refractivity contribution in [1.82, 2.24) is 0 Å². The lowest BCUT2D eigenvalue weighted by molar-refractivity contribution is -0.158. The average Bonchev–Trinajstić information content (AvgIpc) is 3.31. The third kappa shape index (κ3) is 1.96. The summed E-state index contributed by atoms with van der Waals surface area (Å²) in [5, 5.41) is 0. The van der Waals surface area contributed by atoms with Crippen LogP contribution in [0, 0.1) is 5.41 Å². The number of rotatable bonds is 4. The lowest BCUT2D eigenvalue weighted by atomic mass is 9.57. The predicted molar refractivity (Wildman–Crippen MR) is 79.2 cm³/mol. The SMILES string of the molecule is CO[C@@H]1C(=O)CC[C@]2(CO2)[C@@]1(C)C1(C)OC1CC=C(C)C. The van der Waals surface area contributed by atoms with Crippen molar-refractivity contribution in [3.05, 3.63) is 11.6 Å². The standard InChI is InChI=1S/C17H26O4/c1-11(2)6-7-13-16(4,21-13)15(3)14(19-5)12(18)8-9-17(15)10-20-17/h6,13-14H,7-10H2,1-5H3/t13?,14-,15-,16?,17+/m1/s1. The zero-order valence-corrected chi connectivity index (χ0v) is 13.7. The highest BCUT2D eigenvalue weighted by Crippen LogP contribution is 2.66. The molecule has 2 saturated heterocycles. The molecule has 118 valence electrons. The number of ketones is 1. The van der Waals surface area contributed by atoms with Crippen molar-refractivity contribution in [2.75, 3.05) is 13.7 Å². The molecule has 3 rings (SSSR count). The van der Waals surface area contributed by atoms with Gasteiger partial charge in [-0.15, -0.1) is 0 Å². The predicted octanol–water partition coefficient (Wildman–Crippen LogP) is 2.65. The second-order valence-corrected chi connectivity index (χ2v) is 7.30. The molecule has 0 aromatic carbocycles. The summed E-state index contributed by atoms with van der Waals surface area (Å²) in [6, 6.07) is 0. The van der Waals surface area contributed by atoms with Crippen LogP contribution in [0.5, 0.6) is 0 Å². The number of hydrogen-bond donors (Lipinski definition) is 0. The van der Waals surface area contributed by atoms with Crippen molar-refractivity contribution in [1.29, 1.82) is 0 Å². The van der Waals surface area contributed by atoms with Gasteiger partial charge >= 0.3 is 0 Å². The lowest BCUT2D eigenvalue weighted by Crippen LogP contribution is -2.61. The fourth-order valence-electron chi connectivity index (χ4n) is 4.22. The molecule has 2 heterocycles. The van der Waals surface area contributed by atoms with Gasteiger partial charge in [0.05, 0.1) is 18.1 Å². The van der Waals surface area contributed by atoms with Crippen LogP contribution in [-0.2, 0) is 19.0 Å². The van der Waals surface area contributed by atoms with E-state index in [0.29, 0.717) is 13.0 Å². The second-order valence-electron chi connectivity index (χ2n) is 7.30. The van der Waals surface area contributed by atoms with E-state index in [0.717, 1.165) is 12.8 Å². The summed E-state index contributed by atoms with van der Waals surface area (Å²) < 4.78 is 17.6. The molecular formula is C17H26O4. The van der Waals surface area contributed by atoms with Crippen LogP contribution in [0.1, 0.15) is 47.0 Å². The summed E-state index contributed by atoms with van der Waals surface area (Å²) in [6.45, 7) is 9.13. The Morgan fingerprint density at radius 2 is 2.10 bits per heavy atom. The minimum absolute atomic E-state index is 0.141. The number of hydrogen-bond acceptors (Lipinski definition) is 4. The van der Waals surface area contributed by atoms with Gasteiger partial charge in [0.2, 0.25) is 0 Å². The quantitative estimate of drug-likeness (QED) is 0.591. The molecule has 0 bridgehead atoms. The third-order valence-corrected chi connectivity index (χ3v) is 5.98. The molecule has 0 N–H and O–H groups in total. The van der Waals surface area contributed by atoms with Crippen LogP contribution in [0.25, 0.3) is 0 Å².